The number of aliphatic carboxylic acids is 1. The summed E-state index contributed by atoms with van der Waals surface area (Å²) in [7, 11) is 0. The molecule has 0 saturated carbocycles. The number of phenolic OH excluding ortho intramolecular Hbond substituents is 2. The van der Waals surface area contributed by atoms with Crippen LogP contribution in [0.25, 0.3) is 21.5 Å². The van der Waals surface area contributed by atoms with Crippen molar-refractivity contribution in [1.82, 2.24) is 21.3 Å². The second kappa shape index (κ2) is 26.2. The third-order valence-corrected chi connectivity index (χ3v) is 12.9. The van der Waals surface area contributed by atoms with Gasteiger partial charge in [-0.1, -0.05) is 133 Å². The fourth-order valence-corrected chi connectivity index (χ4v) is 9.34. The fraction of sp³-hybridized carbons (Fsp3) is 0.183. The first-order valence-electron chi connectivity index (χ1n) is 24.3. The van der Waals surface area contributed by atoms with Gasteiger partial charge in [0.05, 0.1) is 24.1 Å². The number of aromatic hydroxyl groups is 2. The number of hydrogen-bond donors (Lipinski definition) is 7. The normalized spacial score (nSPS) is 10.7. The van der Waals surface area contributed by atoms with E-state index in [0.29, 0.717) is 78.1 Å². The molecule has 0 atom stereocenters. The first-order chi connectivity index (χ1) is 36.2. The van der Waals surface area contributed by atoms with E-state index in [1.54, 1.807) is 60.3 Å². The van der Waals surface area contributed by atoms with Gasteiger partial charge in [-0.25, -0.2) is 0 Å². The highest BCUT2D eigenvalue weighted by Gasteiger charge is 2.20. The largest absolute Gasteiger partial charge is 0.506 e. The van der Waals surface area contributed by atoms with Crippen molar-refractivity contribution in [2.24, 2.45) is 0 Å². The minimum absolute atomic E-state index is 0.0449. The van der Waals surface area contributed by atoms with Crippen molar-refractivity contribution >= 4 is 62.9 Å². The Bertz CT molecular complexity index is 3340. The van der Waals surface area contributed by atoms with Crippen molar-refractivity contribution in [1.29, 1.82) is 0 Å². The lowest BCUT2D eigenvalue weighted by atomic mass is 10.0. The first-order valence-corrected chi connectivity index (χ1v) is 25.1. The molecule has 0 heterocycles. The second-order valence-corrected chi connectivity index (χ2v) is 18.6. The van der Waals surface area contributed by atoms with Gasteiger partial charge in [-0.05, 0) is 84.3 Å². The molecule has 4 amide bonds. The van der Waals surface area contributed by atoms with Crippen molar-refractivity contribution in [3.8, 4) is 28.7 Å². The van der Waals surface area contributed by atoms with Gasteiger partial charge >= 0.3 is 5.97 Å². The van der Waals surface area contributed by atoms with E-state index in [2.05, 4.69) is 27.3 Å². The number of phenols is 2. The number of ether oxygens (including phenoxy) is 2. The fourth-order valence-electron chi connectivity index (χ4n) is 8.23. The number of carboxylic acids is 1. The maximum atomic E-state index is 13.2. The van der Waals surface area contributed by atoms with Gasteiger partial charge in [0.1, 0.15) is 35.4 Å². The summed E-state index contributed by atoms with van der Waals surface area (Å²) >= 11 is 1.56. The Morgan fingerprint density at radius 2 is 1.08 bits per heavy atom. The summed E-state index contributed by atoms with van der Waals surface area (Å²) in [6.07, 6.45) is 1.18. The summed E-state index contributed by atoms with van der Waals surface area (Å²) in [5.74, 6) is -0.612. The van der Waals surface area contributed by atoms with Crippen LogP contribution in [0.5, 0.6) is 28.7 Å². The molecule has 0 saturated heterocycles. The zero-order valence-electron chi connectivity index (χ0n) is 41.8. The van der Waals surface area contributed by atoms with Crippen molar-refractivity contribution in [2.75, 3.05) is 26.2 Å². The Morgan fingerprint density at radius 3 is 1.72 bits per heavy atom. The number of para-hydroxylation sites is 1. The lowest BCUT2D eigenvalue weighted by molar-refractivity contribution is -0.136. The minimum atomic E-state index is -0.919. The minimum Gasteiger partial charge on any atom is -0.506 e. The van der Waals surface area contributed by atoms with E-state index in [-0.39, 0.29) is 53.3 Å². The second-order valence-electron chi connectivity index (χ2n) is 17.5. The summed E-state index contributed by atoms with van der Waals surface area (Å²) in [5.41, 5.74) is 5.06. The van der Waals surface area contributed by atoms with Gasteiger partial charge < -0.3 is 46.1 Å². The Hall–Kier alpha value is -8.82. The van der Waals surface area contributed by atoms with Gasteiger partial charge in [0.25, 0.3) is 11.8 Å². The van der Waals surface area contributed by atoms with E-state index in [4.69, 9.17) is 14.6 Å². The molecule has 8 rings (SSSR count). The average Bonchev–Trinajstić information content (AvgIpc) is 3.40. The van der Waals surface area contributed by atoms with Crippen molar-refractivity contribution in [3.05, 3.63) is 197 Å². The van der Waals surface area contributed by atoms with Gasteiger partial charge in [-0.2, -0.15) is 0 Å². The number of aryl methyl sites for hydroxylation is 1. The lowest BCUT2D eigenvalue weighted by Crippen LogP contribution is -2.26. The van der Waals surface area contributed by atoms with Crippen LogP contribution in [0, 0.1) is 6.92 Å². The predicted octanol–water partition coefficient (Wildman–Crippen LogP) is 10.1. The number of hydrogen-bond acceptors (Lipinski definition) is 10. The van der Waals surface area contributed by atoms with Crippen molar-refractivity contribution in [3.63, 3.8) is 0 Å². The summed E-state index contributed by atoms with van der Waals surface area (Å²) in [5, 5.41) is 44.8. The van der Waals surface area contributed by atoms with Gasteiger partial charge in [0.2, 0.25) is 11.8 Å². The maximum Gasteiger partial charge on any atom is 0.307 e. The SMILES string of the molecule is CC(=O)NCCOc1ccccc1CNC(=O)c1cc(Sc2cccc(C)c2)c2ccccc2c1O.CC(=O)NCCc1ccccc1CCNC(=O)c1cc(Oc2ccc(CC(=O)O)cc2)c2ccccc2c1O. The molecule has 0 radical (unpaired) electrons. The third kappa shape index (κ3) is 15.1. The number of rotatable bonds is 20. The standard InChI is InChI=1S/C31H30N2O6.C29H28N2O4S/c1-20(34)32-16-14-22-6-2-3-7-23(22)15-17-33-31(38)27-19-28(25-8-4-5-9-26(25)30(27)37)39-24-12-10-21(11-13-24)18-29(35)36;1-19-8-7-10-22(16-19)36-27-17-25(28(33)24-12-5-4-11-23(24)27)29(34)31-18-21-9-3-6-13-26(21)35-15-14-30-20(2)32/h2-13,19,37H,14-18H2,1H3,(H,32,34)(H,33,38)(H,35,36);3-13,16-17,33H,14-15,18H2,1-2H3,(H,30,32)(H,31,34). The molecule has 0 aromatic heterocycles. The number of carboxylic acid groups (broad SMARTS) is 1. The molecule has 7 N–H and O–H groups in total. The van der Waals surface area contributed by atoms with Crippen LogP contribution in [0.4, 0.5) is 0 Å². The van der Waals surface area contributed by atoms with Crippen LogP contribution in [-0.2, 0) is 40.2 Å². The van der Waals surface area contributed by atoms with Crippen LogP contribution in [0.1, 0.15) is 62.4 Å². The van der Waals surface area contributed by atoms with Crippen LogP contribution >= 0.6 is 11.8 Å². The number of fused-ring (bicyclic) bond motifs is 2. The summed E-state index contributed by atoms with van der Waals surface area (Å²) in [4.78, 5) is 61.5. The molecule has 0 fully saturated rings. The van der Waals surface area contributed by atoms with E-state index in [1.165, 1.54) is 19.9 Å². The van der Waals surface area contributed by atoms with Crippen LogP contribution in [0.3, 0.4) is 0 Å². The molecule has 14 nitrogen and oxygen atoms in total. The zero-order valence-corrected chi connectivity index (χ0v) is 42.6. The highest BCUT2D eigenvalue weighted by molar-refractivity contribution is 7.99. The van der Waals surface area contributed by atoms with Gasteiger partial charge in [0, 0.05) is 65.0 Å². The number of nitrogens with one attached hydrogen (secondary N) is 4. The average molecular weight is 1030 g/mol. The summed E-state index contributed by atoms with van der Waals surface area (Å²) < 4.78 is 11.9. The van der Waals surface area contributed by atoms with Gasteiger partial charge in [-0.15, -0.1) is 0 Å². The Labute approximate surface area is 439 Å². The Morgan fingerprint density at radius 1 is 0.533 bits per heavy atom. The molecule has 0 aliphatic carbocycles. The third-order valence-electron chi connectivity index (χ3n) is 11.9. The maximum absolute atomic E-state index is 13.2. The number of carbonyl (C=O) groups excluding carboxylic acids is 4. The zero-order chi connectivity index (χ0) is 53.3. The van der Waals surface area contributed by atoms with E-state index in [1.807, 2.05) is 104 Å². The highest BCUT2D eigenvalue weighted by Crippen LogP contribution is 2.41. The number of carbonyl (C=O) groups is 5. The smallest absolute Gasteiger partial charge is 0.307 e. The number of benzene rings is 8. The van der Waals surface area contributed by atoms with E-state index >= 15 is 0 Å². The van der Waals surface area contributed by atoms with Crippen molar-refractivity contribution < 1.29 is 48.8 Å². The molecule has 0 unspecified atom stereocenters. The summed E-state index contributed by atoms with van der Waals surface area (Å²) in [6, 6.07) is 48.0. The quantitative estimate of drug-likeness (QED) is 0.0357. The Balaban J connectivity index is 0.000000219. The highest BCUT2D eigenvalue weighted by atomic mass is 32.2. The van der Waals surface area contributed by atoms with Crippen molar-refractivity contribution in [2.45, 2.75) is 56.4 Å². The first kappa shape index (κ1) is 54.0. The molecule has 8 aromatic carbocycles. The topological polar surface area (TPSA) is 213 Å². The molecule has 0 spiro atoms. The molecule has 15 heteroatoms. The number of amides is 4. The van der Waals surface area contributed by atoms with Crippen LogP contribution < -0.4 is 30.7 Å². The molecule has 0 aliphatic rings. The van der Waals surface area contributed by atoms with Crippen LogP contribution in [0.2, 0.25) is 0 Å². The molecule has 8 aromatic rings. The van der Waals surface area contributed by atoms with Crippen LogP contribution in [0.15, 0.2) is 168 Å². The lowest BCUT2D eigenvalue weighted by Gasteiger charge is -2.15. The summed E-state index contributed by atoms with van der Waals surface area (Å²) in [6.45, 7) is 6.80. The van der Waals surface area contributed by atoms with E-state index < -0.39 is 11.9 Å². The molecule has 384 valence electrons. The Kier molecular flexibility index (Phi) is 18.9. The van der Waals surface area contributed by atoms with Crippen LogP contribution in [-0.4, -0.2) is 71.2 Å². The van der Waals surface area contributed by atoms with E-state index in [9.17, 15) is 34.2 Å². The molecule has 0 bridgehead atoms. The molecule has 0 aliphatic heterocycles. The molecular formula is C60H58N4O10S. The predicted molar refractivity (Wildman–Crippen MR) is 291 cm³/mol. The molecular weight excluding hydrogens is 969 g/mol. The van der Waals surface area contributed by atoms with Gasteiger partial charge in [-0.3, -0.25) is 24.0 Å². The van der Waals surface area contributed by atoms with E-state index in [0.717, 1.165) is 37.4 Å². The van der Waals surface area contributed by atoms with Gasteiger partial charge in [0.15, 0.2) is 0 Å². The monoisotopic (exact) mass is 1030 g/mol. The molecule has 75 heavy (non-hydrogen) atoms.